The van der Waals surface area contributed by atoms with Crippen LogP contribution in [0.2, 0.25) is 0 Å². The minimum atomic E-state index is -0.829. The van der Waals surface area contributed by atoms with E-state index in [9.17, 15) is 24.0 Å². The maximum absolute atomic E-state index is 14.3. The summed E-state index contributed by atoms with van der Waals surface area (Å²) >= 11 is 1.20. The molecule has 2 N–H and O–H groups in total. The van der Waals surface area contributed by atoms with Gasteiger partial charge in [0.2, 0.25) is 11.8 Å². The molecule has 3 rings (SSSR count). The predicted molar refractivity (Wildman–Crippen MR) is 206 cm³/mol. The normalized spacial score (nSPS) is 17.9. The molecule has 1 aliphatic heterocycles. The van der Waals surface area contributed by atoms with Crippen molar-refractivity contribution >= 4 is 41.0 Å². The summed E-state index contributed by atoms with van der Waals surface area (Å²) in [6, 6.07) is 7.87. The van der Waals surface area contributed by atoms with Crippen LogP contribution in [0.25, 0.3) is 0 Å². The van der Waals surface area contributed by atoms with E-state index >= 15 is 0 Å². The second-order valence-electron chi connectivity index (χ2n) is 15.7. The zero-order valence-electron chi connectivity index (χ0n) is 33.3. The van der Waals surface area contributed by atoms with Gasteiger partial charge in [0.1, 0.15) is 16.7 Å². The Morgan fingerprint density at radius 3 is 2.30 bits per heavy atom. The van der Waals surface area contributed by atoms with Gasteiger partial charge >= 0.3 is 11.9 Å². The van der Waals surface area contributed by atoms with Crippen LogP contribution >= 0.6 is 11.3 Å². The van der Waals surface area contributed by atoms with Crippen LogP contribution in [-0.4, -0.2) is 95.9 Å². The summed E-state index contributed by atoms with van der Waals surface area (Å²) in [6.45, 7) is 15.8. The fraction of sp³-hybridized carbons (Fsp3) is 0.650. The largest absolute Gasteiger partial charge is 0.466 e. The first-order chi connectivity index (χ1) is 24.9. The van der Waals surface area contributed by atoms with Crippen LogP contribution in [0, 0.1) is 17.3 Å². The Hall–Kier alpha value is -3.84. The lowest BCUT2D eigenvalue weighted by Gasteiger charge is -2.40. The SMILES string of the molecule is CCOC(=O)[C@@H](C)C[C@H](Cc1ccccc1)NC(=O)c1csc([C@@H](C[C@H](C(C)C)N(C)C(=O)[C@@H](NC(=O)[C@H]2CCCCN2C)C(C)(C)C)OC(C)=O)n1. The van der Waals surface area contributed by atoms with E-state index in [0.717, 1.165) is 31.4 Å². The molecule has 13 heteroatoms. The summed E-state index contributed by atoms with van der Waals surface area (Å²) in [5.41, 5.74) is 0.600. The highest BCUT2D eigenvalue weighted by molar-refractivity contribution is 7.09. The number of likely N-dealkylation sites (N-methyl/N-ethyl adjacent to an activating group) is 2. The highest BCUT2D eigenvalue weighted by Crippen LogP contribution is 2.32. The van der Waals surface area contributed by atoms with E-state index in [1.54, 1.807) is 31.2 Å². The van der Waals surface area contributed by atoms with Crippen molar-refractivity contribution in [2.75, 3.05) is 27.2 Å². The quantitative estimate of drug-likeness (QED) is 0.198. The number of nitrogens with one attached hydrogen (secondary N) is 2. The van der Waals surface area contributed by atoms with Gasteiger partial charge in [-0.15, -0.1) is 11.3 Å². The van der Waals surface area contributed by atoms with Crippen molar-refractivity contribution in [2.24, 2.45) is 17.3 Å². The van der Waals surface area contributed by atoms with Gasteiger partial charge in [-0.05, 0) is 63.1 Å². The highest BCUT2D eigenvalue weighted by Gasteiger charge is 2.40. The second-order valence-corrected chi connectivity index (χ2v) is 16.6. The summed E-state index contributed by atoms with van der Waals surface area (Å²) in [5.74, 6) is -2.11. The molecule has 3 amide bonds. The monoisotopic (exact) mass is 755 g/mol. The molecule has 294 valence electrons. The van der Waals surface area contributed by atoms with Gasteiger partial charge in [0.15, 0.2) is 6.10 Å². The van der Waals surface area contributed by atoms with Crippen LogP contribution in [0.1, 0.15) is 115 Å². The topological polar surface area (TPSA) is 147 Å². The highest BCUT2D eigenvalue weighted by atomic mass is 32.1. The Bertz CT molecular complexity index is 1520. The number of likely N-dealkylation sites (tertiary alicyclic amines) is 1. The second kappa shape index (κ2) is 20.0. The summed E-state index contributed by atoms with van der Waals surface area (Å²) < 4.78 is 11.0. The number of rotatable bonds is 17. The van der Waals surface area contributed by atoms with Gasteiger partial charge < -0.3 is 25.0 Å². The van der Waals surface area contributed by atoms with Crippen LogP contribution < -0.4 is 10.6 Å². The van der Waals surface area contributed by atoms with Gasteiger partial charge in [-0.25, -0.2) is 4.98 Å². The molecule has 0 saturated carbocycles. The number of piperidine rings is 1. The first kappa shape index (κ1) is 43.6. The number of nitrogens with zero attached hydrogens (tertiary/aromatic N) is 3. The molecule has 53 heavy (non-hydrogen) atoms. The van der Waals surface area contributed by atoms with Crippen molar-refractivity contribution in [3.63, 3.8) is 0 Å². The standard InChI is InChI=1S/C40H61N5O7S/c1-11-51-39(50)26(4)21-29(22-28-17-13-12-14-18-28)41-35(47)30-24-53-37(42-30)33(52-27(5)46)23-32(25(2)3)45(10)38(49)34(40(6,7)8)43-36(48)31-19-15-16-20-44(31)9/h12-14,17-18,24-26,29,31-34H,11,15-16,19-23H2,1-10H3,(H,41,47)(H,43,48)/t26-,29+,31+,32+,33+,34+/m0/s1. The molecule has 6 atom stereocenters. The van der Waals surface area contributed by atoms with E-state index < -0.39 is 41.4 Å². The van der Waals surface area contributed by atoms with Crippen molar-refractivity contribution in [1.29, 1.82) is 0 Å². The Kier molecular flexibility index (Phi) is 16.4. The van der Waals surface area contributed by atoms with Crippen molar-refractivity contribution in [1.82, 2.24) is 25.4 Å². The number of hydrogen-bond acceptors (Lipinski definition) is 10. The average Bonchev–Trinajstić information content (AvgIpc) is 3.59. The summed E-state index contributed by atoms with van der Waals surface area (Å²) in [7, 11) is 3.66. The Labute approximate surface area is 319 Å². The fourth-order valence-electron chi connectivity index (χ4n) is 6.86. The number of carbonyl (C=O) groups is 5. The van der Waals surface area contributed by atoms with E-state index in [0.29, 0.717) is 17.8 Å². The molecule has 0 aliphatic carbocycles. The molecule has 0 unspecified atom stereocenters. The number of hydrogen-bond donors (Lipinski definition) is 2. The first-order valence-corrected chi connectivity index (χ1v) is 19.7. The molecular formula is C40H61N5O7S. The summed E-state index contributed by atoms with van der Waals surface area (Å²) in [5, 5.41) is 8.20. The lowest BCUT2D eigenvalue weighted by Crippen LogP contribution is -2.59. The summed E-state index contributed by atoms with van der Waals surface area (Å²) in [4.78, 5) is 74.5. The van der Waals surface area contributed by atoms with E-state index in [4.69, 9.17) is 9.47 Å². The molecule has 2 aromatic rings. The Balaban J connectivity index is 1.82. The third-order valence-electron chi connectivity index (χ3n) is 9.87. The number of aromatic nitrogens is 1. The maximum atomic E-state index is 14.3. The molecule has 2 heterocycles. The molecular weight excluding hydrogens is 695 g/mol. The van der Waals surface area contributed by atoms with E-state index in [1.807, 2.05) is 76.9 Å². The van der Waals surface area contributed by atoms with Crippen molar-refractivity contribution in [3.05, 3.63) is 52.0 Å². The number of thiazole rings is 1. The molecule has 0 spiro atoms. The van der Waals surface area contributed by atoms with Crippen LogP contribution in [-0.2, 0) is 35.1 Å². The van der Waals surface area contributed by atoms with Crippen molar-refractivity contribution in [3.8, 4) is 0 Å². The maximum Gasteiger partial charge on any atom is 0.308 e. The van der Waals surface area contributed by atoms with Crippen LogP contribution in [0.4, 0.5) is 0 Å². The Morgan fingerprint density at radius 1 is 1.04 bits per heavy atom. The molecule has 1 fully saturated rings. The van der Waals surface area contributed by atoms with E-state index in [-0.39, 0.29) is 54.5 Å². The van der Waals surface area contributed by atoms with Gasteiger partial charge in [0, 0.05) is 37.9 Å². The van der Waals surface area contributed by atoms with Crippen LogP contribution in [0.15, 0.2) is 35.7 Å². The number of esters is 2. The average molecular weight is 756 g/mol. The Morgan fingerprint density at radius 2 is 1.72 bits per heavy atom. The van der Waals surface area contributed by atoms with E-state index in [1.165, 1.54) is 18.3 Å². The van der Waals surface area contributed by atoms with Gasteiger partial charge in [-0.3, -0.25) is 28.9 Å². The zero-order valence-corrected chi connectivity index (χ0v) is 34.1. The molecule has 1 saturated heterocycles. The molecule has 0 radical (unpaired) electrons. The number of benzene rings is 1. The molecule has 1 aromatic heterocycles. The number of ether oxygens (including phenoxy) is 2. The van der Waals surface area contributed by atoms with Gasteiger partial charge in [-0.1, -0.05) is 78.3 Å². The smallest absolute Gasteiger partial charge is 0.308 e. The molecule has 12 nitrogen and oxygen atoms in total. The first-order valence-electron chi connectivity index (χ1n) is 18.8. The molecule has 1 aromatic carbocycles. The third-order valence-corrected chi connectivity index (χ3v) is 10.8. The lowest BCUT2D eigenvalue weighted by atomic mass is 9.84. The predicted octanol–water partition coefficient (Wildman–Crippen LogP) is 5.57. The fourth-order valence-corrected chi connectivity index (χ4v) is 7.69. The van der Waals surface area contributed by atoms with Crippen LogP contribution in [0.3, 0.4) is 0 Å². The molecule has 0 bridgehead atoms. The van der Waals surface area contributed by atoms with Crippen LogP contribution in [0.5, 0.6) is 0 Å². The molecule has 1 aliphatic rings. The lowest BCUT2D eigenvalue weighted by molar-refractivity contribution is -0.150. The van der Waals surface area contributed by atoms with Crippen molar-refractivity contribution in [2.45, 2.75) is 124 Å². The van der Waals surface area contributed by atoms with Gasteiger partial charge in [0.05, 0.1) is 18.6 Å². The van der Waals surface area contributed by atoms with Crippen molar-refractivity contribution < 1.29 is 33.4 Å². The summed E-state index contributed by atoms with van der Waals surface area (Å²) in [6.07, 6.45) is 3.04. The van der Waals surface area contributed by atoms with Gasteiger partial charge in [0.25, 0.3) is 5.91 Å². The third kappa shape index (κ3) is 12.9. The number of carbonyl (C=O) groups excluding carboxylic acids is 5. The minimum absolute atomic E-state index is 0.0503. The van der Waals surface area contributed by atoms with E-state index in [2.05, 4.69) is 15.6 Å². The van der Waals surface area contributed by atoms with Gasteiger partial charge in [-0.2, -0.15) is 0 Å². The minimum Gasteiger partial charge on any atom is -0.466 e. The number of amides is 3. The zero-order chi connectivity index (χ0) is 39.5.